The van der Waals surface area contributed by atoms with E-state index in [0.29, 0.717) is 17.3 Å². The average Bonchev–Trinajstić information content (AvgIpc) is 3.02. The van der Waals surface area contributed by atoms with Gasteiger partial charge in [0.05, 0.1) is 12.5 Å². The molecule has 0 aliphatic heterocycles. The van der Waals surface area contributed by atoms with Crippen LogP contribution in [0.25, 0.3) is 0 Å². The molecule has 1 fully saturated rings. The van der Waals surface area contributed by atoms with E-state index in [4.69, 9.17) is 9.15 Å². The highest BCUT2D eigenvalue weighted by Gasteiger charge is 2.52. The summed E-state index contributed by atoms with van der Waals surface area (Å²) in [5, 5.41) is 0. The van der Waals surface area contributed by atoms with Crippen LogP contribution in [0, 0.1) is 22.7 Å². The Morgan fingerprint density at radius 3 is 2.76 bits per heavy atom. The Bertz CT molecular complexity index is 640. The third-order valence-electron chi connectivity index (χ3n) is 6.97. The van der Waals surface area contributed by atoms with Crippen molar-refractivity contribution in [3.63, 3.8) is 0 Å². The Balaban J connectivity index is 1.91. The van der Waals surface area contributed by atoms with Crippen LogP contribution in [0.1, 0.15) is 78.4 Å². The van der Waals surface area contributed by atoms with Crippen molar-refractivity contribution < 1.29 is 13.9 Å². The molecule has 0 aromatic carbocycles. The minimum atomic E-state index is -0.231. The van der Waals surface area contributed by atoms with E-state index >= 15 is 0 Å². The van der Waals surface area contributed by atoms with E-state index in [1.165, 1.54) is 38.2 Å². The van der Waals surface area contributed by atoms with Gasteiger partial charge in [-0.25, -0.2) is 0 Å². The standard InChI is InChI=1S/C22H32O3/c1-15-7-8-20-21(3,4)10-6-11-22(20,5)18(15)13-19(25-16(2)23)17-9-12-24-14-17/h7,9,12,14,18-20H,6,8,10-11,13H2,1-5H3/t18-,19+,20-,22+/m0/s1. The first-order valence-electron chi connectivity index (χ1n) is 9.60. The number of carbonyl (C=O) groups is 1. The van der Waals surface area contributed by atoms with E-state index in [2.05, 4.69) is 33.8 Å². The molecule has 2 aliphatic carbocycles. The van der Waals surface area contributed by atoms with Gasteiger partial charge in [0.15, 0.2) is 0 Å². The fraction of sp³-hybridized carbons (Fsp3) is 0.682. The van der Waals surface area contributed by atoms with Crippen LogP contribution in [-0.4, -0.2) is 5.97 Å². The van der Waals surface area contributed by atoms with Crippen LogP contribution in [0.5, 0.6) is 0 Å². The van der Waals surface area contributed by atoms with E-state index in [0.717, 1.165) is 12.0 Å². The second-order valence-electron chi connectivity index (χ2n) is 9.03. The fourth-order valence-electron chi connectivity index (χ4n) is 5.72. The summed E-state index contributed by atoms with van der Waals surface area (Å²) in [6, 6.07) is 1.92. The fourth-order valence-corrected chi connectivity index (χ4v) is 5.72. The summed E-state index contributed by atoms with van der Waals surface area (Å²) < 4.78 is 10.9. The van der Waals surface area contributed by atoms with E-state index in [-0.39, 0.29) is 17.5 Å². The molecule has 0 radical (unpaired) electrons. The molecule has 0 bridgehead atoms. The maximum absolute atomic E-state index is 11.7. The zero-order valence-electron chi connectivity index (χ0n) is 16.3. The normalized spacial score (nSPS) is 32.4. The van der Waals surface area contributed by atoms with Gasteiger partial charge in [0.1, 0.15) is 6.10 Å². The van der Waals surface area contributed by atoms with Crippen molar-refractivity contribution in [3.05, 3.63) is 35.8 Å². The first-order valence-corrected chi connectivity index (χ1v) is 9.60. The first-order chi connectivity index (χ1) is 11.7. The van der Waals surface area contributed by atoms with E-state index in [9.17, 15) is 4.79 Å². The summed E-state index contributed by atoms with van der Waals surface area (Å²) in [5.41, 5.74) is 3.05. The Morgan fingerprint density at radius 1 is 1.36 bits per heavy atom. The van der Waals surface area contributed by atoms with E-state index < -0.39 is 0 Å². The van der Waals surface area contributed by atoms with Gasteiger partial charge in [0.25, 0.3) is 0 Å². The number of fused-ring (bicyclic) bond motifs is 1. The van der Waals surface area contributed by atoms with Gasteiger partial charge in [-0.2, -0.15) is 0 Å². The van der Waals surface area contributed by atoms with Crippen LogP contribution in [0.15, 0.2) is 34.7 Å². The molecular weight excluding hydrogens is 312 g/mol. The van der Waals surface area contributed by atoms with Crippen LogP contribution in [0.2, 0.25) is 0 Å². The van der Waals surface area contributed by atoms with Crippen molar-refractivity contribution in [1.29, 1.82) is 0 Å². The quantitative estimate of drug-likeness (QED) is 0.491. The largest absolute Gasteiger partial charge is 0.472 e. The third kappa shape index (κ3) is 3.43. The molecule has 0 saturated heterocycles. The molecule has 1 saturated carbocycles. The van der Waals surface area contributed by atoms with Crippen molar-refractivity contribution in [2.45, 2.75) is 72.8 Å². The molecule has 3 nitrogen and oxygen atoms in total. The molecule has 138 valence electrons. The second kappa shape index (κ2) is 6.66. The number of furan rings is 1. The molecule has 25 heavy (non-hydrogen) atoms. The number of rotatable bonds is 4. The smallest absolute Gasteiger partial charge is 0.303 e. The number of hydrogen-bond donors (Lipinski definition) is 0. The topological polar surface area (TPSA) is 39.4 Å². The molecule has 3 rings (SSSR count). The van der Waals surface area contributed by atoms with Gasteiger partial charge in [-0.05, 0) is 61.3 Å². The molecule has 1 heterocycles. The summed E-state index contributed by atoms with van der Waals surface area (Å²) in [4.78, 5) is 11.7. The molecule has 4 atom stereocenters. The molecule has 0 unspecified atom stereocenters. The lowest BCUT2D eigenvalue weighted by Crippen LogP contribution is -2.48. The molecule has 2 aliphatic rings. The van der Waals surface area contributed by atoms with E-state index in [1.54, 1.807) is 12.5 Å². The lowest BCUT2D eigenvalue weighted by Gasteiger charge is -2.57. The second-order valence-corrected chi connectivity index (χ2v) is 9.03. The summed E-state index contributed by atoms with van der Waals surface area (Å²) >= 11 is 0. The summed E-state index contributed by atoms with van der Waals surface area (Å²) in [7, 11) is 0. The number of esters is 1. The lowest BCUT2D eigenvalue weighted by atomic mass is 9.48. The Kier molecular flexibility index (Phi) is 4.87. The summed E-state index contributed by atoms with van der Waals surface area (Å²) in [5.74, 6) is 0.893. The molecule has 1 aromatic rings. The lowest BCUT2D eigenvalue weighted by molar-refractivity contribution is -0.149. The van der Waals surface area contributed by atoms with Gasteiger partial charge in [0.2, 0.25) is 0 Å². The SMILES string of the molecule is CC(=O)O[C@H](C[C@H]1C(C)=CC[C@H]2C(C)(C)CCC[C@]12C)c1ccoc1. The molecule has 0 N–H and O–H groups in total. The van der Waals surface area contributed by atoms with Crippen molar-refractivity contribution in [3.8, 4) is 0 Å². The Hall–Kier alpha value is -1.51. The Morgan fingerprint density at radius 2 is 2.12 bits per heavy atom. The number of ether oxygens (including phenoxy) is 1. The maximum atomic E-state index is 11.7. The predicted octanol–water partition coefficient (Wildman–Crippen LogP) is 6.07. The highest BCUT2D eigenvalue weighted by atomic mass is 16.5. The van der Waals surface area contributed by atoms with Crippen molar-refractivity contribution in [1.82, 2.24) is 0 Å². The first kappa shape index (κ1) is 18.3. The monoisotopic (exact) mass is 344 g/mol. The van der Waals surface area contributed by atoms with Gasteiger partial charge in [-0.15, -0.1) is 0 Å². The highest BCUT2D eigenvalue weighted by Crippen LogP contribution is 2.61. The minimum absolute atomic E-state index is 0.227. The molecule has 0 spiro atoms. The van der Waals surface area contributed by atoms with Crippen molar-refractivity contribution in [2.75, 3.05) is 0 Å². The molecular formula is C22H32O3. The van der Waals surface area contributed by atoms with Gasteiger partial charge in [0, 0.05) is 12.5 Å². The maximum Gasteiger partial charge on any atom is 0.303 e. The van der Waals surface area contributed by atoms with Gasteiger partial charge in [-0.3, -0.25) is 4.79 Å². The predicted molar refractivity (Wildman–Crippen MR) is 98.9 cm³/mol. The molecule has 3 heteroatoms. The van der Waals surface area contributed by atoms with Crippen LogP contribution in [-0.2, 0) is 9.53 Å². The van der Waals surface area contributed by atoms with Crippen LogP contribution in [0.3, 0.4) is 0 Å². The van der Waals surface area contributed by atoms with Gasteiger partial charge < -0.3 is 9.15 Å². The third-order valence-corrected chi connectivity index (χ3v) is 6.97. The summed E-state index contributed by atoms with van der Waals surface area (Å²) in [6.45, 7) is 11.1. The molecule has 0 amide bonds. The van der Waals surface area contributed by atoms with Gasteiger partial charge >= 0.3 is 5.97 Å². The number of allylic oxidation sites excluding steroid dienone is 2. The van der Waals surface area contributed by atoms with E-state index in [1.807, 2.05) is 6.07 Å². The van der Waals surface area contributed by atoms with Crippen molar-refractivity contribution in [2.24, 2.45) is 22.7 Å². The van der Waals surface area contributed by atoms with Crippen molar-refractivity contribution >= 4 is 5.97 Å². The average molecular weight is 344 g/mol. The highest BCUT2D eigenvalue weighted by molar-refractivity contribution is 5.66. The minimum Gasteiger partial charge on any atom is -0.472 e. The van der Waals surface area contributed by atoms with Crippen LogP contribution in [0.4, 0.5) is 0 Å². The zero-order chi connectivity index (χ0) is 18.2. The Labute approximate surface area is 151 Å². The number of hydrogen-bond acceptors (Lipinski definition) is 3. The van der Waals surface area contributed by atoms with Gasteiger partial charge in [-0.1, -0.05) is 38.8 Å². The summed E-state index contributed by atoms with van der Waals surface area (Å²) in [6.07, 6.45) is 11.4. The number of carbonyl (C=O) groups excluding carboxylic acids is 1. The zero-order valence-corrected chi connectivity index (χ0v) is 16.3. The van der Waals surface area contributed by atoms with Crippen LogP contribution < -0.4 is 0 Å². The molecule has 1 aromatic heterocycles. The van der Waals surface area contributed by atoms with Crippen LogP contribution >= 0.6 is 0 Å².